The van der Waals surface area contributed by atoms with Crippen molar-refractivity contribution in [3.63, 3.8) is 0 Å². The van der Waals surface area contributed by atoms with E-state index < -0.39 is 22.5 Å². The summed E-state index contributed by atoms with van der Waals surface area (Å²) in [6.45, 7) is 1.15. The molecule has 1 aromatic heterocycles. The molecule has 0 unspecified atom stereocenters. The fourth-order valence-electron chi connectivity index (χ4n) is 3.11. The fourth-order valence-corrected chi connectivity index (χ4v) is 5.40. The van der Waals surface area contributed by atoms with E-state index in [-0.39, 0.29) is 27.1 Å². The van der Waals surface area contributed by atoms with Crippen molar-refractivity contribution in [3.8, 4) is 17.2 Å². The Morgan fingerprint density at radius 3 is 2.34 bits per heavy atom. The van der Waals surface area contributed by atoms with Gasteiger partial charge in [0.1, 0.15) is 12.3 Å². The van der Waals surface area contributed by atoms with Gasteiger partial charge in [-0.15, -0.1) is 11.3 Å². The minimum atomic E-state index is -4.29. The number of nitrogens with one attached hydrogen (secondary N) is 1. The molecule has 0 aliphatic carbocycles. The van der Waals surface area contributed by atoms with Crippen LogP contribution in [0.15, 0.2) is 63.9 Å². The van der Waals surface area contributed by atoms with Gasteiger partial charge >= 0.3 is 0 Å². The molecule has 9 nitrogen and oxygen atoms in total. The van der Waals surface area contributed by atoms with Crippen molar-refractivity contribution in [2.45, 2.75) is 11.8 Å². The molecular weight excluding hydrogens is 514 g/mol. The van der Waals surface area contributed by atoms with E-state index in [4.69, 9.17) is 25.8 Å². The summed E-state index contributed by atoms with van der Waals surface area (Å²) < 4.78 is 44.2. The number of hydrogen-bond donors (Lipinski definition) is 1. The Balaban J connectivity index is 2.03. The van der Waals surface area contributed by atoms with E-state index in [0.29, 0.717) is 11.5 Å². The molecule has 0 aliphatic rings. The van der Waals surface area contributed by atoms with Crippen LogP contribution in [0.4, 0.5) is 5.69 Å². The number of sulfonamides is 1. The van der Waals surface area contributed by atoms with Gasteiger partial charge in [0, 0.05) is 16.0 Å². The molecule has 35 heavy (non-hydrogen) atoms. The first-order valence-corrected chi connectivity index (χ1v) is 12.9. The lowest BCUT2D eigenvalue weighted by atomic mass is 10.3. The second kappa shape index (κ2) is 11.4. The molecule has 186 valence electrons. The molecular formula is C23H24ClN3O6S2. The molecule has 0 aliphatic heterocycles. The molecule has 0 radical (unpaired) electrons. The van der Waals surface area contributed by atoms with E-state index in [1.807, 2.05) is 17.5 Å². The summed E-state index contributed by atoms with van der Waals surface area (Å²) in [6.07, 6.45) is 0. The van der Waals surface area contributed by atoms with Crippen molar-refractivity contribution in [1.29, 1.82) is 0 Å². The molecule has 1 amide bonds. The smallest absolute Gasteiger partial charge is 0.265 e. The van der Waals surface area contributed by atoms with Gasteiger partial charge in [-0.3, -0.25) is 9.10 Å². The molecule has 3 rings (SSSR count). The van der Waals surface area contributed by atoms with Crippen LogP contribution in [0.5, 0.6) is 17.2 Å². The maximum Gasteiger partial charge on any atom is 0.265 e. The zero-order valence-corrected chi connectivity index (χ0v) is 21.8. The number of nitrogens with zero attached hydrogens (tertiary/aromatic N) is 2. The standard InChI is InChI=1S/C23H24ClN3O6S2/c1-15(22-6-5-11-34-22)25-26-23(28)14-27(18-12-16(24)7-9-19(18)31-2)35(29,30)17-8-10-20(32-3)21(13-17)33-4/h5-13H,14H2,1-4H3,(H,26,28)/b25-15-. The number of hydrogen-bond acceptors (Lipinski definition) is 8. The van der Waals surface area contributed by atoms with Crippen molar-refractivity contribution in [3.05, 3.63) is 63.8 Å². The number of anilines is 1. The number of methoxy groups -OCH3 is 3. The van der Waals surface area contributed by atoms with Gasteiger partial charge in [0.25, 0.3) is 15.9 Å². The predicted molar refractivity (Wildman–Crippen MR) is 137 cm³/mol. The Morgan fingerprint density at radius 2 is 1.71 bits per heavy atom. The van der Waals surface area contributed by atoms with Crippen LogP contribution in [0.3, 0.4) is 0 Å². The number of amides is 1. The lowest BCUT2D eigenvalue weighted by Gasteiger charge is -2.25. The van der Waals surface area contributed by atoms with Gasteiger partial charge in [-0.2, -0.15) is 5.10 Å². The van der Waals surface area contributed by atoms with Gasteiger partial charge in [0.15, 0.2) is 11.5 Å². The monoisotopic (exact) mass is 537 g/mol. The van der Waals surface area contributed by atoms with Gasteiger partial charge in [-0.05, 0) is 48.7 Å². The number of benzene rings is 2. The molecule has 12 heteroatoms. The Kier molecular flexibility index (Phi) is 8.60. The lowest BCUT2D eigenvalue weighted by molar-refractivity contribution is -0.119. The third-order valence-electron chi connectivity index (χ3n) is 4.87. The lowest BCUT2D eigenvalue weighted by Crippen LogP contribution is -2.40. The molecule has 1 N–H and O–H groups in total. The van der Waals surface area contributed by atoms with E-state index >= 15 is 0 Å². The number of ether oxygens (including phenoxy) is 3. The third kappa shape index (κ3) is 6.05. The normalized spacial score (nSPS) is 11.6. The SMILES string of the molecule is COc1ccc(S(=O)(=O)N(CC(=O)N/N=C(/C)c2cccs2)c2cc(Cl)ccc2OC)cc1OC. The van der Waals surface area contributed by atoms with Gasteiger partial charge in [-0.1, -0.05) is 17.7 Å². The zero-order valence-electron chi connectivity index (χ0n) is 19.4. The summed E-state index contributed by atoms with van der Waals surface area (Å²) in [4.78, 5) is 13.6. The first-order valence-electron chi connectivity index (χ1n) is 10.2. The number of hydrazone groups is 1. The van der Waals surface area contributed by atoms with E-state index in [9.17, 15) is 13.2 Å². The Morgan fingerprint density at radius 1 is 1.03 bits per heavy atom. The van der Waals surface area contributed by atoms with Crippen LogP contribution in [0.2, 0.25) is 5.02 Å². The van der Waals surface area contributed by atoms with Crippen LogP contribution in [-0.2, 0) is 14.8 Å². The van der Waals surface area contributed by atoms with Crippen LogP contribution in [0.25, 0.3) is 0 Å². The highest BCUT2D eigenvalue weighted by Gasteiger charge is 2.30. The van der Waals surface area contributed by atoms with Crippen molar-refractivity contribution < 1.29 is 27.4 Å². The van der Waals surface area contributed by atoms with Crippen molar-refractivity contribution >= 4 is 50.3 Å². The summed E-state index contributed by atoms with van der Waals surface area (Å²) in [5.74, 6) is 0.123. The van der Waals surface area contributed by atoms with Gasteiger partial charge in [0.05, 0.1) is 37.6 Å². The Bertz CT molecular complexity index is 1330. The summed E-state index contributed by atoms with van der Waals surface area (Å²) in [5, 5.41) is 6.24. The molecule has 2 aromatic carbocycles. The number of halogens is 1. The number of carbonyl (C=O) groups excluding carboxylic acids is 1. The number of rotatable bonds is 10. The molecule has 0 atom stereocenters. The number of carbonyl (C=O) groups is 1. The Hall–Kier alpha value is -3.28. The highest BCUT2D eigenvalue weighted by molar-refractivity contribution is 7.92. The molecule has 0 spiro atoms. The summed E-state index contributed by atoms with van der Waals surface area (Å²) in [6, 6.07) is 12.3. The fraction of sp³-hybridized carbons (Fsp3) is 0.217. The van der Waals surface area contributed by atoms with E-state index in [2.05, 4.69) is 10.5 Å². The first kappa shape index (κ1) is 26.3. The average molecular weight is 538 g/mol. The summed E-state index contributed by atoms with van der Waals surface area (Å²) in [5.41, 5.74) is 3.09. The van der Waals surface area contributed by atoms with Crippen molar-refractivity contribution in [2.75, 3.05) is 32.2 Å². The quantitative estimate of drug-likeness (QED) is 0.307. The van der Waals surface area contributed by atoms with Crippen LogP contribution in [-0.4, -0.2) is 47.9 Å². The van der Waals surface area contributed by atoms with Gasteiger partial charge < -0.3 is 14.2 Å². The minimum Gasteiger partial charge on any atom is -0.495 e. The van der Waals surface area contributed by atoms with Crippen LogP contribution >= 0.6 is 22.9 Å². The highest BCUT2D eigenvalue weighted by atomic mass is 35.5. The number of thiophene rings is 1. The zero-order chi connectivity index (χ0) is 25.6. The highest BCUT2D eigenvalue weighted by Crippen LogP contribution is 2.36. The Labute approximate surface area is 212 Å². The molecule has 0 fully saturated rings. The van der Waals surface area contributed by atoms with E-state index in [1.165, 1.54) is 63.0 Å². The largest absolute Gasteiger partial charge is 0.495 e. The van der Waals surface area contributed by atoms with Crippen molar-refractivity contribution in [1.82, 2.24) is 5.43 Å². The van der Waals surface area contributed by atoms with Crippen LogP contribution < -0.4 is 23.9 Å². The van der Waals surface area contributed by atoms with E-state index in [1.54, 1.807) is 13.0 Å². The molecule has 0 saturated carbocycles. The third-order valence-corrected chi connectivity index (χ3v) is 7.84. The maximum absolute atomic E-state index is 13.8. The average Bonchev–Trinajstić information content (AvgIpc) is 3.40. The second-order valence-corrected chi connectivity index (χ2v) is 10.3. The predicted octanol–water partition coefficient (Wildman–Crippen LogP) is 4.16. The molecule has 1 heterocycles. The summed E-state index contributed by atoms with van der Waals surface area (Å²) in [7, 11) is -0.0555. The molecule has 0 bridgehead atoms. The van der Waals surface area contributed by atoms with E-state index in [0.717, 1.165) is 9.18 Å². The van der Waals surface area contributed by atoms with Crippen molar-refractivity contribution in [2.24, 2.45) is 5.10 Å². The van der Waals surface area contributed by atoms with Crippen LogP contribution in [0, 0.1) is 0 Å². The summed E-state index contributed by atoms with van der Waals surface area (Å²) >= 11 is 7.63. The van der Waals surface area contributed by atoms with Crippen LogP contribution in [0.1, 0.15) is 11.8 Å². The van der Waals surface area contributed by atoms with Gasteiger partial charge in [0.2, 0.25) is 0 Å². The first-order chi connectivity index (χ1) is 16.7. The molecule has 0 saturated heterocycles. The molecule has 3 aromatic rings. The minimum absolute atomic E-state index is 0.0869. The van der Waals surface area contributed by atoms with Gasteiger partial charge in [-0.25, -0.2) is 13.8 Å². The topological polar surface area (TPSA) is 107 Å². The second-order valence-electron chi connectivity index (χ2n) is 7.05. The maximum atomic E-state index is 13.8.